The SMILES string of the molecule is CC(C)(C)C(=O)Nc1ccc(C(=O)COc2cccnc2[N+](=O)[O-])cc1. The molecule has 2 rings (SSSR count). The first-order chi connectivity index (χ1) is 12.2. The maximum atomic E-state index is 12.2. The molecule has 2 aromatic rings. The van der Waals surface area contributed by atoms with E-state index in [0.29, 0.717) is 11.3 Å². The fourth-order valence-electron chi connectivity index (χ4n) is 1.92. The Kier molecular flexibility index (Phi) is 5.66. The highest BCUT2D eigenvalue weighted by molar-refractivity contribution is 5.98. The molecular weight excluding hydrogens is 338 g/mol. The first-order valence-electron chi connectivity index (χ1n) is 7.85. The van der Waals surface area contributed by atoms with Gasteiger partial charge in [-0.05, 0) is 46.3 Å². The summed E-state index contributed by atoms with van der Waals surface area (Å²) in [6, 6.07) is 9.21. The van der Waals surface area contributed by atoms with Gasteiger partial charge in [0.2, 0.25) is 11.7 Å². The van der Waals surface area contributed by atoms with E-state index in [9.17, 15) is 19.7 Å². The van der Waals surface area contributed by atoms with Crippen LogP contribution in [-0.4, -0.2) is 28.2 Å². The summed E-state index contributed by atoms with van der Waals surface area (Å²) in [5.74, 6) is -0.999. The van der Waals surface area contributed by atoms with Crippen LogP contribution in [0.3, 0.4) is 0 Å². The molecule has 0 saturated carbocycles. The summed E-state index contributed by atoms with van der Waals surface area (Å²) in [6.07, 6.45) is 1.28. The van der Waals surface area contributed by atoms with Crippen LogP contribution in [-0.2, 0) is 4.79 Å². The number of amides is 1. The molecule has 0 radical (unpaired) electrons. The molecule has 1 aromatic carbocycles. The first kappa shape index (κ1) is 19.0. The van der Waals surface area contributed by atoms with Gasteiger partial charge < -0.3 is 20.2 Å². The molecule has 1 aromatic heterocycles. The zero-order valence-electron chi connectivity index (χ0n) is 14.7. The average molecular weight is 357 g/mol. The van der Waals surface area contributed by atoms with Gasteiger partial charge in [0.05, 0.1) is 0 Å². The van der Waals surface area contributed by atoms with Crippen LogP contribution < -0.4 is 10.1 Å². The second kappa shape index (κ2) is 7.73. The monoisotopic (exact) mass is 357 g/mol. The summed E-state index contributed by atoms with van der Waals surface area (Å²) >= 11 is 0. The van der Waals surface area contributed by atoms with Gasteiger partial charge in [0.15, 0.2) is 12.4 Å². The maximum Gasteiger partial charge on any atom is 0.406 e. The molecular formula is C18H19N3O5. The predicted molar refractivity (Wildman–Crippen MR) is 95.2 cm³/mol. The second-order valence-electron chi connectivity index (χ2n) is 6.58. The van der Waals surface area contributed by atoms with Crippen LogP contribution in [0.1, 0.15) is 31.1 Å². The molecule has 1 N–H and O–H groups in total. The number of Topliss-reactive ketones (excluding diaryl/α,β-unsaturated/α-hetero) is 1. The smallest absolute Gasteiger partial charge is 0.406 e. The summed E-state index contributed by atoms with van der Waals surface area (Å²) in [7, 11) is 0. The summed E-state index contributed by atoms with van der Waals surface area (Å²) < 4.78 is 5.23. The van der Waals surface area contributed by atoms with Crippen molar-refractivity contribution in [2.75, 3.05) is 11.9 Å². The van der Waals surface area contributed by atoms with Crippen molar-refractivity contribution in [2.45, 2.75) is 20.8 Å². The standard InChI is InChI=1S/C18H19N3O5/c1-18(2,3)17(23)20-13-8-6-12(7-9-13)14(22)11-26-15-5-4-10-19-16(15)21(24)25/h4-10H,11H2,1-3H3,(H,20,23). The van der Waals surface area contributed by atoms with Gasteiger partial charge in [-0.15, -0.1) is 0 Å². The Morgan fingerprint density at radius 1 is 1.19 bits per heavy atom. The van der Waals surface area contributed by atoms with Gasteiger partial charge >= 0.3 is 5.82 Å². The highest BCUT2D eigenvalue weighted by Gasteiger charge is 2.21. The second-order valence-corrected chi connectivity index (χ2v) is 6.58. The highest BCUT2D eigenvalue weighted by Crippen LogP contribution is 2.23. The Morgan fingerprint density at radius 2 is 1.85 bits per heavy atom. The first-order valence-corrected chi connectivity index (χ1v) is 7.85. The molecule has 0 aliphatic heterocycles. The highest BCUT2D eigenvalue weighted by atomic mass is 16.6. The quantitative estimate of drug-likeness (QED) is 0.482. The lowest BCUT2D eigenvalue weighted by Gasteiger charge is -2.17. The van der Waals surface area contributed by atoms with Gasteiger partial charge in [-0.2, -0.15) is 0 Å². The molecule has 0 saturated heterocycles. The number of rotatable bonds is 6. The Hall–Kier alpha value is -3.29. The topological polar surface area (TPSA) is 111 Å². The van der Waals surface area contributed by atoms with E-state index >= 15 is 0 Å². The molecule has 0 unspecified atom stereocenters. The Bertz CT molecular complexity index is 825. The largest absolute Gasteiger partial charge is 0.477 e. The van der Waals surface area contributed by atoms with Crippen molar-refractivity contribution in [3.8, 4) is 5.75 Å². The summed E-state index contributed by atoms with van der Waals surface area (Å²) in [4.78, 5) is 37.9. The number of nitro groups is 1. The van der Waals surface area contributed by atoms with E-state index in [-0.39, 0.29) is 24.0 Å². The lowest BCUT2D eigenvalue weighted by Crippen LogP contribution is -2.27. The molecule has 1 heterocycles. The van der Waals surface area contributed by atoms with Gasteiger partial charge in [0, 0.05) is 16.7 Å². The van der Waals surface area contributed by atoms with Crippen molar-refractivity contribution in [2.24, 2.45) is 5.41 Å². The van der Waals surface area contributed by atoms with Crippen molar-refractivity contribution in [3.63, 3.8) is 0 Å². The molecule has 0 spiro atoms. The molecule has 0 aliphatic rings. The zero-order valence-corrected chi connectivity index (χ0v) is 14.7. The number of benzene rings is 1. The number of nitrogens with zero attached hydrogens (tertiary/aromatic N) is 2. The molecule has 0 bridgehead atoms. The summed E-state index contributed by atoms with van der Waals surface area (Å²) in [6.45, 7) is 5.04. The van der Waals surface area contributed by atoms with Gasteiger partial charge in [-0.3, -0.25) is 9.59 Å². The molecule has 8 heteroatoms. The fraction of sp³-hybridized carbons (Fsp3) is 0.278. The van der Waals surface area contributed by atoms with E-state index in [1.165, 1.54) is 18.3 Å². The van der Waals surface area contributed by atoms with Crippen molar-refractivity contribution in [3.05, 3.63) is 58.3 Å². The predicted octanol–water partition coefficient (Wildman–Crippen LogP) is 3.24. The Balaban J connectivity index is 2.01. The third kappa shape index (κ3) is 4.85. The van der Waals surface area contributed by atoms with Crippen molar-refractivity contribution in [1.29, 1.82) is 0 Å². The van der Waals surface area contributed by atoms with E-state index in [1.807, 2.05) is 0 Å². The minimum atomic E-state index is -0.674. The number of anilines is 1. The van der Waals surface area contributed by atoms with E-state index in [4.69, 9.17) is 4.74 Å². The number of hydrogen-bond donors (Lipinski definition) is 1. The van der Waals surface area contributed by atoms with Crippen LogP contribution in [0.5, 0.6) is 5.75 Å². The maximum absolute atomic E-state index is 12.2. The van der Waals surface area contributed by atoms with Gasteiger partial charge in [-0.1, -0.05) is 20.8 Å². The fourth-order valence-corrected chi connectivity index (χ4v) is 1.92. The van der Waals surface area contributed by atoms with Crippen LogP contribution in [0.25, 0.3) is 0 Å². The van der Waals surface area contributed by atoms with E-state index in [1.54, 1.807) is 45.0 Å². The average Bonchev–Trinajstić information content (AvgIpc) is 2.59. The van der Waals surface area contributed by atoms with Crippen molar-refractivity contribution < 1.29 is 19.2 Å². The van der Waals surface area contributed by atoms with Gasteiger partial charge in [-0.25, -0.2) is 0 Å². The minimum absolute atomic E-state index is 0.0695. The summed E-state index contributed by atoms with van der Waals surface area (Å²) in [5, 5.41) is 13.6. The lowest BCUT2D eigenvalue weighted by molar-refractivity contribution is -0.390. The number of ether oxygens (including phenoxy) is 1. The number of nitrogens with one attached hydrogen (secondary N) is 1. The van der Waals surface area contributed by atoms with Crippen LogP contribution in [0.2, 0.25) is 0 Å². The molecule has 8 nitrogen and oxygen atoms in total. The van der Waals surface area contributed by atoms with Gasteiger partial charge in [0.1, 0.15) is 6.20 Å². The zero-order chi connectivity index (χ0) is 19.3. The molecule has 26 heavy (non-hydrogen) atoms. The number of aromatic nitrogens is 1. The van der Waals surface area contributed by atoms with Crippen LogP contribution in [0.15, 0.2) is 42.6 Å². The Labute approximate surface area is 150 Å². The molecule has 0 fully saturated rings. The van der Waals surface area contributed by atoms with E-state index < -0.39 is 16.2 Å². The molecule has 0 aliphatic carbocycles. The van der Waals surface area contributed by atoms with Gasteiger partial charge in [0.25, 0.3) is 0 Å². The van der Waals surface area contributed by atoms with Crippen LogP contribution in [0.4, 0.5) is 11.5 Å². The number of carbonyl (C=O) groups is 2. The number of ketones is 1. The third-order valence-electron chi connectivity index (χ3n) is 3.43. The van der Waals surface area contributed by atoms with Crippen LogP contribution >= 0.6 is 0 Å². The molecule has 0 atom stereocenters. The Morgan fingerprint density at radius 3 is 2.42 bits per heavy atom. The number of carbonyl (C=O) groups excluding carboxylic acids is 2. The molecule has 136 valence electrons. The minimum Gasteiger partial charge on any atom is -0.477 e. The lowest BCUT2D eigenvalue weighted by atomic mass is 9.95. The molecule has 1 amide bonds. The van der Waals surface area contributed by atoms with Crippen LogP contribution in [0, 0.1) is 15.5 Å². The van der Waals surface area contributed by atoms with E-state index in [2.05, 4.69) is 10.3 Å². The summed E-state index contributed by atoms with van der Waals surface area (Å²) in [5.41, 5.74) is 0.413. The number of hydrogen-bond acceptors (Lipinski definition) is 6. The van der Waals surface area contributed by atoms with E-state index in [0.717, 1.165) is 0 Å². The normalized spacial score (nSPS) is 10.9. The van der Waals surface area contributed by atoms with Crippen molar-refractivity contribution in [1.82, 2.24) is 4.98 Å². The third-order valence-corrected chi connectivity index (χ3v) is 3.43. The number of pyridine rings is 1. The van der Waals surface area contributed by atoms with Crippen molar-refractivity contribution >= 4 is 23.2 Å².